The lowest BCUT2D eigenvalue weighted by molar-refractivity contribution is -0.347. The van der Waals surface area contributed by atoms with Gasteiger partial charge in [-0.1, -0.05) is 32.5 Å². The van der Waals surface area contributed by atoms with Crippen LogP contribution in [0.2, 0.25) is 0 Å². The van der Waals surface area contributed by atoms with E-state index in [0.717, 1.165) is 29.0 Å². The van der Waals surface area contributed by atoms with Crippen LogP contribution in [0.5, 0.6) is 0 Å². The molecule has 7 N–H and O–H groups in total. The maximum Gasteiger partial charge on any atom is 0.274 e. The Morgan fingerprint density at radius 2 is 1.76 bits per heavy atom. The number of nitrogens with two attached hydrogens (primary N) is 1. The van der Waals surface area contributed by atoms with E-state index in [-0.39, 0.29) is 54.0 Å². The summed E-state index contributed by atoms with van der Waals surface area (Å²) in [6.45, 7) is 1.45. The maximum atomic E-state index is 12.5. The molecule has 25 nitrogen and oxygen atoms in total. The Morgan fingerprint density at radius 1 is 1.09 bits per heavy atom. The van der Waals surface area contributed by atoms with E-state index in [1.807, 2.05) is 0 Å². The summed E-state index contributed by atoms with van der Waals surface area (Å²) >= 11 is 0.956. The Kier molecular flexibility index (Phi) is 16.9. The lowest BCUT2D eigenvalue weighted by Crippen LogP contribution is -2.46. The number of hydrogen-bond acceptors (Lipinski definition) is 23. The Labute approximate surface area is 317 Å². The topological polar surface area (TPSA) is 395 Å². The summed E-state index contributed by atoms with van der Waals surface area (Å²) in [5, 5.41) is 35.0. The summed E-state index contributed by atoms with van der Waals surface area (Å²) in [5.74, 6) is -1.85. The highest BCUT2D eigenvalue weighted by atomic mass is 32.2. The van der Waals surface area contributed by atoms with Crippen LogP contribution in [0.25, 0.3) is 11.2 Å². The summed E-state index contributed by atoms with van der Waals surface area (Å²) in [5.41, 5.74) is 4.04. The molecule has 7 unspecified atom stereocenters. The van der Waals surface area contributed by atoms with E-state index in [1.54, 1.807) is 6.92 Å². The second-order valence-electron chi connectivity index (χ2n) is 12.4. The maximum absolute atomic E-state index is 12.5. The van der Waals surface area contributed by atoms with Gasteiger partial charge >= 0.3 is 0 Å². The summed E-state index contributed by atoms with van der Waals surface area (Å²) in [6.07, 6.45) is -7.19. The van der Waals surface area contributed by atoms with E-state index in [9.17, 15) is 57.9 Å². The lowest BCUT2D eigenvalue weighted by Gasteiger charge is -2.36. The Hall–Kier alpha value is -2.48. The monoisotopic (exact) mass is 863 g/mol. The van der Waals surface area contributed by atoms with E-state index in [2.05, 4.69) is 43.5 Å². The molecule has 3 heterocycles. The predicted molar refractivity (Wildman–Crippen MR) is 179 cm³/mol. The van der Waals surface area contributed by atoms with Crippen LogP contribution >= 0.6 is 35.2 Å². The van der Waals surface area contributed by atoms with Crippen molar-refractivity contribution in [1.29, 1.82) is 0 Å². The van der Waals surface area contributed by atoms with Crippen LogP contribution in [0.3, 0.4) is 0 Å². The average Bonchev–Trinajstić information content (AvgIpc) is 3.65. The SMILES string of the molecule is CC[C@H](CO)C(=O)SCCNC(=O)CCNC(=O)C(O)C(C)(C)COP(=O)([O-])OP(=O)([O-])OCC1OC(n2cnc3c(N)ncnc32)C(O)C1OP(=O)([O-])[O-]. The summed E-state index contributed by atoms with van der Waals surface area (Å²) in [7, 11) is -17.6. The van der Waals surface area contributed by atoms with Gasteiger partial charge in [-0.15, -0.1) is 0 Å². The van der Waals surface area contributed by atoms with Gasteiger partial charge in [-0.3, -0.25) is 28.1 Å². The Balaban J connectivity index is 1.50. The number of ether oxygens (including phenoxy) is 1. The quantitative estimate of drug-likeness (QED) is 0.0487. The molecule has 2 aromatic heterocycles. The molecule has 3 rings (SSSR count). The van der Waals surface area contributed by atoms with E-state index in [4.69, 9.17) is 15.6 Å². The second-order valence-corrected chi connectivity index (χ2v) is 17.6. The zero-order valence-corrected chi connectivity index (χ0v) is 32.9. The number of hydrogen-bond donors (Lipinski definition) is 6. The van der Waals surface area contributed by atoms with Crippen LogP contribution in [0.15, 0.2) is 12.7 Å². The summed E-state index contributed by atoms with van der Waals surface area (Å²) in [4.78, 5) is 95.8. The fraction of sp³-hybridized carbons (Fsp3) is 0.692. The summed E-state index contributed by atoms with van der Waals surface area (Å²) < 4.78 is 60.4. The highest BCUT2D eigenvalue weighted by Gasteiger charge is 2.47. The minimum atomic E-state index is -5.92. The molecule has 2 aromatic rings. The van der Waals surface area contributed by atoms with Crippen LogP contribution in [0.4, 0.5) is 5.82 Å². The zero-order valence-electron chi connectivity index (χ0n) is 29.4. The number of carbonyl (C=O) groups is 3. The van der Waals surface area contributed by atoms with Crippen molar-refractivity contribution in [2.24, 2.45) is 11.3 Å². The average molecular weight is 864 g/mol. The molecule has 0 spiro atoms. The molecule has 0 radical (unpaired) electrons. The number of phosphoric acid groups is 3. The molecule has 1 fully saturated rings. The fourth-order valence-corrected chi connectivity index (χ4v) is 8.37. The number of aromatic nitrogens is 4. The largest absolute Gasteiger partial charge is 0.790 e. The Bertz CT molecular complexity index is 1800. The first kappa shape index (κ1) is 46.9. The predicted octanol–water partition coefficient (Wildman–Crippen LogP) is -3.84. The zero-order chi connectivity index (χ0) is 41.4. The van der Waals surface area contributed by atoms with Gasteiger partial charge in [0, 0.05) is 30.7 Å². The standard InChI is InChI=1S/C26H44N7O18P3S/c1-4-14(9-34)25(39)55-8-7-28-16(35)5-6-29-23(38)20(37)26(2,3)11-48-54(45,46)51-53(43,44)47-10-15-19(50-52(40,41)42)18(36)24(49-15)33-13-32-17-21(27)30-12-31-22(17)33/h12-15,18-20,24,34,36-37H,4-11H2,1-3H3,(H,28,35)(H,29,38)(H,43,44)(H,45,46)(H2,27,30,31)(H2,40,41,42)/p-4/t14-,15?,18?,19?,20?,24?/m1/s1. The van der Waals surface area contributed by atoms with Crippen LogP contribution in [0, 0.1) is 11.3 Å². The minimum absolute atomic E-state index is 0.0257. The van der Waals surface area contributed by atoms with E-state index >= 15 is 0 Å². The van der Waals surface area contributed by atoms with Gasteiger partial charge in [0.25, 0.3) is 15.6 Å². The Morgan fingerprint density at radius 3 is 2.40 bits per heavy atom. The van der Waals surface area contributed by atoms with Gasteiger partial charge < -0.3 is 74.1 Å². The van der Waals surface area contributed by atoms with Crippen molar-refractivity contribution in [3.63, 3.8) is 0 Å². The van der Waals surface area contributed by atoms with Gasteiger partial charge in [0.2, 0.25) is 11.8 Å². The normalized spacial score (nSPS) is 22.4. The summed E-state index contributed by atoms with van der Waals surface area (Å²) in [6, 6.07) is 0. The third kappa shape index (κ3) is 13.8. The number of anilines is 1. The third-order valence-corrected chi connectivity index (χ3v) is 11.8. The first-order chi connectivity index (χ1) is 25.5. The lowest BCUT2D eigenvalue weighted by atomic mass is 9.87. The van der Waals surface area contributed by atoms with Crippen LogP contribution in [0.1, 0.15) is 39.8 Å². The minimum Gasteiger partial charge on any atom is -0.790 e. The van der Waals surface area contributed by atoms with Crippen molar-refractivity contribution >= 4 is 69.1 Å². The number of nitrogens with one attached hydrogen (secondary N) is 2. The van der Waals surface area contributed by atoms with Gasteiger partial charge in [-0.05, 0) is 6.42 Å². The first-order valence-electron chi connectivity index (χ1n) is 16.1. The van der Waals surface area contributed by atoms with Gasteiger partial charge in [-0.2, -0.15) is 0 Å². The number of nitrogen functional groups attached to an aromatic ring is 1. The fourth-order valence-electron chi connectivity index (χ4n) is 4.75. The molecule has 0 saturated carbocycles. The molecule has 312 valence electrons. The highest BCUT2D eigenvalue weighted by Crippen LogP contribution is 2.56. The number of imidazole rings is 1. The van der Waals surface area contributed by atoms with Gasteiger partial charge in [0.05, 0.1) is 39.9 Å². The molecule has 29 heteroatoms. The van der Waals surface area contributed by atoms with Crippen molar-refractivity contribution in [3.8, 4) is 0 Å². The van der Waals surface area contributed by atoms with Crippen LogP contribution in [-0.2, 0) is 50.7 Å². The second kappa shape index (κ2) is 19.8. The van der Waals surface area contributed by atoms with Gasteiger partial charge in [0.15, 0.2) is 22.8 Å². The number of fused-ring (bicyclic) bond motifs is 1. The number of nitrogens with zero attached hydrogens (tertiary/aromatic N) is 4. The van der Waals surface area contributed by atoms with Crippen LogP contribution in [-0.4, -0.2) is 115 Å². The van der Waals surface area contributed by atoms with Gasteiger partial charge in [0.1, 0.15) is 36.3 Å². The van der Waals surface area contributed by atoms with Crippen molar-refractivity contribution in [2.75, 3.05) is 44.4 Å². The molecule has 0 aliphatic carbocycles. The molecule has 1 aliphatic rings. The smallest absolute Gasteiger partial charge is 0.274 e. The number of amides is 2. The van der Waals surface area contributed by atoms with Crippen molar-refractivity contribution in [2.45, 2.75) is 64.3 Å². The molecular formula is C26H40N7O18P3S-4. The third-order valence-electron chi connectivity index (χ3n) is 7.77. The number of aliphatic hydroxyl groups is 3. The van der Waals surface area contributed by atoms with Crippen LogP contribution < -0.4 is 35.9 Å². The van der Waals surface area contributed by atoms with Crippen molar-refractivity contribution < 1.29 is 85.6 Å². The molecule has 0 aromatic carbocycles. The molecule has 1 aliphatic heterocycles. The number of rotatable bonds is 22. The van der Waals surface area contributed by atoms with E-state index in [1.165, 1.54) is 13.8 Å². The van der Waals surface area contributed by atoms with E-state index < -0.39 is 90.5 Å². The van der Waals surface area contributed by atoms with E-state index in [0.29, 0.717) is 6.42 Å². The van der Waals surface area contributed by atoms with Crippen molar-refractivity contribution in [1.82, 2.24) is 30.2 Å². The molecule has 0 bridgehead atoms. The number of phosphoric ester groups is 3. The number of aliphatic hydroxyl groups excluding tert-OH is 3. The van der Waals surface area contributed by atoms with Gasteiger partial charge in [-0.25, -0.2) is 19.3 Å². The molecular weight excluding hydrogens is 823 g/mol. The molecule has 1 saturated heterocycles. The first-order valence-corrected chi connectivity index (χ1v) is 21.5. The number of thioether (sulfide) groups is 1. The highest BCUT2D eigenvalue weighted by molar-refractivity contribution is 8.13. The number of carbonyl (C=O) groups excluding carboxylic acids is 3. The molecule has 8 atom stereocenters. The molecule has 55 heavy (non-hydrogen) atoms. The van der Waals surface area contributed by atoms with Crippen molar-refractivity contribution in [3.05, 3.63) is 12.7 Å². The molecule has 2 amide bonds.